The number of ether oxygens (including phenoxy) is 2. The Morgan fingerprint density at radius 2 is 1.75 bits per heavy atom. The minimum atomic E-state index is -1.04. The minimum absolute atomic E-state index is 0.0382. The maximum Gasteiger partial charge on any atom is 0.352 e. The number of nitrogens with one attached hydrogen (secondary N) is 1. The van der Waals surface area contributed by atoms with E-state index >= 15 is 0 Å². The van der Waals surface area contributed by atoms with E-state index in [4.69, 9.17) is 21.1 Å². The third kappa shape index (κ3) is 9.98. The van der Waals surface area contributed by atoms with Crippen LogP contribution >= 0.6 is 11.6 Å². The number of allylic oxidation sites excluding steroid dienone is 3. The van der Waals surface area contributed by atoms with Gasteiger partial charge in [-0.3, -0.25) is 33.7 Å². The number of aromatic carboxylic acids is 1. The van der Waals surface area contributed by atoms with Crippen molar-refractivity contribution in [2.75, 3.05) is 59.6 Å². The molecule has 2 aliphatic rings. The maximum atomic E-state index is 13.7. The highest BCUT2D eigenvalue weighted by molar-refractivity contribution is 6.35. The van der Waals surface area contributed by atoms with Crippen LogP contribution in [0, 0.1) is 13.8 Å². The van der Waals surface area contributed by atoms with Crippen molar-refractivity contribution < 1.29 is 43.7 Å². The Balaban J connectivity index is 1.16. The number of imide groups is 1. The van der Waals surface area contributed by atoms with Crippen LogP contribution in [0.15, 0.2) is 54.8 Å². The smallest absolute Gasteiger partial charge is 0.352 e. The van der Waals surface area contributed by atoms with E-state index in [2.05, 4.69) is 15.3 Å². The number of hydrogen-bond acceptors (Lipinski definition) is 10. The number of nitrogens with zero attached hydrogens (tertiary/aromatic N) is 6. The molecule has 0 spiro atoms. The minimum Gasteiger partial charge on any atom is -0.501 e. The molecule has 17 heteroatoms. The zero-order valence-electron chi connectivity index (χ0n) is 36.5. The van der Waals surface area contributed by atoms with Crippen molar-refractivity contribution in [2.45, 2.75) is 65.5 Å². The lowest BCUT2D eigenvalue weighted by Gasteiger charge is -2.35. The van der Waals surface area contributed by atoms with E-state index in [9.17, 15) is 34.2 Å². The molecular weight excluding hydrogens is 830 g/mol. The van der Waals surface area contributed by atoms with E-state index in [0.29, 0.717) is 75.7 Å². The van der Waals surface area contributed by atoms with Crippen LogP contribution in [-0.2, 0) is 34.3 Å². The fraction of sp³-hybridized carbons (Fsp3) is 0.435. The molecule has 63 heavy (non-hydrogen) atoms. The molecule has 2 aromatic heterocycles. The molecule has 3 N–H and O–H groups in total. The number of amides is 4. The van der Waals surface area contributed by atoms with Gasteiger partial charge in [-0.05, 0) is 76.3 Å². The van der Waals surface area contributed by atoms with E-state index in [1.54, 1.807) is 28.0 Å². The van der Waals surface area contributed by atoms with Crippen LogP contribution in [0.3, 0.4) is 0 Å². The molecule has 0 radical (unpaired) electrons. The molecule has 16 nitrogen and oxygen atoms in total. The summed E-state index contributed by atoms with van der Waals surface area (Å²) < 4.78 is 15.3. The van der Waals surface area contributed by atoms with Crippen molar-refractivity contribution >= 4 is 52.1 Å². The molecule has 0 bridgehead atoms. The number of aliphatic hydroxyl groups excluding tert-OH is 1. The van der Waals surface area contributed by atoms with Gasteiger partial charge in [0.1, 0.15) is 11.4 Å². The number of aromatic nitrogens is 3. The summed E-state index contributed by atoms with van der Waals surface area (Å²) in [4.78, 5) is 71.0. The van der Waals surface area contributed by atoms with Gasteiger partial charge in [0.05, 0.1) is 40.2 Å². The van der Waals surface area contributed by atoms with Gasteiger partial charge < -0.3 is 34.5 Å². The molecule has 1 fully saturated rings. The second kappa shape index (κ2) is 20.9. The standard InChI is InChI=1S/C46H56ClN7O9/c1-6-7-8-25-62-26-11-14-32-33-16-17-35(47)41(39-29(2)49-50(5)30(39)3)42(33)53(43(32)46(60)61)23-20-51-18-21-52(22-19-51)38(57)28-63-36-15-9-13-34-40(36)45(59)54(44(34)58)31(12-10-24-55)27-37(56)48-4/h6-9,13,15-17,25,31,55H,10-12,14,18-24,26-28H2,1-5H3,(H,48,56)(H,60,61)/b7-6-,25-8+. The van der Waals surface area contributed by atoms with E-state index < -0.39 is 23.8 Å². The summed E-state index contributed by atoms with van der Waals surface area (Å²) in [5.74, 6) is -2.76. The van der Waals surface area contributed by atoms with Gasteiger partial charge in [0.25, 0.3) is 17.7 Å². The molecule has 1 atom stereocenters. The number of piperazine rings is 1. The average molecular weight is 886 g/mol. The Morgan fingerprint density at radius 1 is 0.984 bits per heavy atom. The Morgan fingerprint density at radius 3 is 2.41 bits per heavy atom. The lowest BCUT2D eigenvalue weighted by molar-refractivity contribution is -0.135. The number of fused-ring (bicyclic) bond motifs is 2. The van der Waals surface area contributed by atoms with E-state index in [1.807, 2.05) is 56.7 Å². The zero-order valence-corrected chi connectivity index (χ0v) is 37.2. The number of halogens is 1. The molecule has 336 valence electrons. The predicted octanol–water partition coefficient (Wildman–Crippen LogP) is 5.15. The van der Waals surface area contributed by atoms with Gasteiger partial charge in [-0.1, -0.05) is 35.9 Å². The largest absolute Gasteiger partial charge is 0.501 e. The first kappa shape index (κ1) is 46.5. The first-order chi connectivity index (χ1) is 30.3. The van der Waals surface area contributed by atoms with E-state index in [1.165, 1.54) is 19.2 Å². The molecule has 1 saturated heterocycles. The Bertz CT molecular complexity index is 2430. The van der Waals surface area contributed by atoms with Crippen LogP contribution in [-0.4, -0.2) is 134 Å². The second-order valence-corrected chi connectivity index (χ2v) is 16.1. The Hall–Kier alpha value is -5.97. The second-order valence-electron chi connectivity index (χ2n) is 15.7. The SMILES string of the molecule is C/C=C\C=C\OCCCc1c(C(=O)O)n(CCN2CCN(C(=O)COc3cccc4c3C(=O)N(C(CCCO)CC(=O)NC)C4=O)CC2)c2c(-c3c(C)nn(C)c3C)c(Cl)ccc12. The molecule has 4 amide bonds. The monoisotopic (exact) mass is 885 g/mol. The van der Waals surface area contributed by atoms with E-state index in [-0.39, 0.29) is 60.4 Å². The number of carbonyl (C=O) groups is 5. The summed E-state index contributed by atoms with van der Waals surface area (Å²) >= 11 is 7.01. The number of carboxylic acid groups (broad SMARTS) is 1. The molecule has 2 aliphatic heterocycles. The van der Waals surface area contributed by atoms with Gasteiger partial charge in [0, 0.05) is 94.6 Å². The summed E-state index contributed by atoms with van der Waals surface area (Å²) in [6.07, 6.45) is 8.67. The highest BCUT2D eigenvalue weighted by Crippen LogP contribution is 2.42. The highest BCUT2D eigenvalue weighted by atomic mass is 35.5. The van der Waals surface area contributed by atoms with Crippen LogP contribution in [0.2, 0.25) is 5.02 Å². The summed E-state index contributed by atoms with van der Waals surface area (Å²) in [5.41, 5.74) is 5.08. The summed E-state index contributed by atoms with van der Waals surface area (Å²) in [5, 5.41) is 28.7. The van der Waals surface area contributed by atoms with Crippen molar-refractivity contribution in [1.29, 1.82) is 0 Å². The van der Waals surface area contributed by atoms with Gasteiger partial charge in [0.15, 0.2) is 6.61 Å². The average Bonchev–Trinajstić information content (AvgIpc) is 3.83. The lowest BCUT2D eigenvalue weighted by atomic mass is 9.98. The highest BCUT2D eigenvalue weighted by Gasteiger charge is 2.42. The van der Waals surface area contributed by atoms with Gasteiger partial charge in [-0.2, -0.15) is 5.10 Å². The van der Waals surface area contributed by atoms with Gasteiger partial charge in [-0.25, -0.2) is 4.79 Å². The quantitative estimate of drug-likeness (QED) is 0.0461. The number of aliphatic hydroxyl groups is 1. The van der Waals surface area contributed by atoms with Crippen molar-refractivity contribution in [2.24, 2.45) is 7.05 Å². The van der Waals surface area contributed by atoms with Crippen LogP contribution in [0.4, 0.5) is 0 Å². The summed E-state index contributed by atoms with van der Waals surface area (Å²) in [6, 6.07) is 7.59. The van der Waals surface area contributed by atoms with Crippen molar-refractivity contribution in [3.05, 3.63) is 93.6 Å². The first-order valence-corrected chi connectivity index (χ1v) is 21.6. The molecule has 0 aliphatic carbocycles. The zero-order chi connectivity index (χ0) is 45.4. The normalized spacial score (nSPS) is 15.0. The van der Waals surface area contributed by atoms with Crippen molar-refractivity contribution in [3.63, 3.8) is 0 Å². The topological polar surface area (TPSA) is 189 Å². The Labute approximate surface area is 371 Å². The molecule has 1 unspecified atom stereocenters. The first-order valence-electron chi connectivity index (χ1n) is 21.2. The summed E-state index contributed by atoms with van der Waals surface area (Å²) in [6.45, 7) is 8.36. The van der Waals surface area contributed by atoms with Crippen molar-refractivity contribution in [1.82, 2.24) is 34.4 Å². The number of carbonyl (C=O) groups excluding carboxylic acids is 4. The van der Waals surface area contributed by atoms with Crippen LogP contribution in [0.25, 0.3) is 22.0 Å². The molecule has 6 rings (SSSR count). The third-order valence-corrected chi connectivity index (χ3v) is 12.1. The fourth-order valence-corrected chi connectivity index (χ4v) is 8.83. The molecule has 0 saturated carbocycles. The summed E-state index contributed by atoms with van der Waals surface area (Å²) in [7, 11) is 3.34. The molecular formula is C46H56ClN7O9. The number of rotatable bonds is 20. The Kier molecular flexibility index (Phi) is 15.5. The number of benzene rings is 2. The number of aryl methyl sites for hydroxylation is 3. The molecule has 4 aromatic rings. The number of carboxylic acids is 1. The fourth-order valence-electron chi connectivity index (χ4n) is 8.58. The predicted molar refractivity (Wildman–Crippen MR) is 238 cm³/mol. The maximum absolute atomic E-state index is 13.7. The van der Waals surface area contributed by atoms with Gasteiger partial charge in [0.2, 0.25) is 5.91 Å². The third-order valence-electron chi connectivity index (χ3n) is 11.8. The number of hydrogen-bond donors (Lipinski definition) is 3. The molecule has 4 heterocycles. The van der Waals surface area contributed by atoms with Gasteiger partial charge in [-0.15, -0.1) is 0 Å². The van der Waals surface area contributed by atoms with Gasteiger partial charge >= 0.3 is 5.97 Å². The molecule has 2 aromatic carbocycles. The lowest BCUT2D eigenvalue weighted by Crippen LogP contribution is -2.50. The van der Waals surface area contributed by atoms with Crippen LogP contribution < -0.4 is 10.1 Å². The van der Waals surface area contributed by atoms with Crippen LogP contribution in [0.5, 0.6) is 5.75 Å². The van der Waals surface area contributed by atoms with Crippen LogP contribution in [0.1, 0.15) is 80.8 Å². The van der Waals surface area contributed by atoms with Crippen molar-refractivity contribution in [3.8, 4) is 16.9 Å². The van der Waals surface area contributed by atoms with E-state index in [0.717, 1.165) is 38.3 Å².